The summed E-state index contributed by atoms with van der Waals surface area (Å²) < 4.78 is 0. The van der Waals surface area contributed by atoms with E-state index in [9.17, 15) is 19.2 Å². The Hall–Kier alpha value is -1.98. The molecule has 2 heterocycles. The highest BCUT2D eigenvalue weighted by Crippen LogP contribution is 2.27. The number of carbonyl (C=O) groups is 4. The fourth-order valence-corrected chi connectivity index (χ4v) is 2.50. The normalized spacial score (nSPS) is 27.5. The highest BCUT2D eigenvalue weighted by atomic mass is 16.2. The Morgan fingerprint density at radius 3 is 2.39 bits per heavy atom. The summed E-state index contributed by atoms with van der Waals surface area (Å²) in [6.45, 7) is 1.92. The van der Waals surface area contributed by atoms with Gasteiger partial charge in [0.05, 0.1) is 6.54 Å². The van der Waals surface area contributed by atoms with Gasteiger partial charge in [-0.2, -0.15) is 0 Å². The van der Waals surface area contributed by atoms with Crippen molar-refractivity contribution in [3.63, 3.8) is 0 Å². The summed E-state index contributed by atoms with van der Waals surface area (Å²) in [6, 6.07) is -0.848. The van der Waals surface area contributed by atoms with E-state index in [0.717, 1.165) is 4.90 Å². The molecule has 6 nitrogen and oxygen atoms in total. The molecule has 0 saturated carbocycles. The Morgan fingerprint density at radius 2 is 1.89 bits per heavy atom. The first kappa shape index (κ1) is 12.5. The molecule has 0 N–H and O–H groups in total. The monoisotopic (exact) mass is 250 g/mol. The van der Waals surface area contributed by atoms with Crippen LogP contribution in [-0.2, 0) is 19.2 Å². The Balaban J connectivity index is 2.21. The van der Waals surface area contributed by atoms with E-state index < -0.39 is 17.9 Å². The van der Waals surface area contributed by atoms with Crippen molar-refractivity contribution in [2.75, 3.05) is 6.54 Å². The molecule has 2 rings (SSSR count). The average Bonchev–Trinajstić information content (AvgIpc) is 2.83. The quantitative estimate of drug-likeness (QED) is 0.497. The second kappa shape index (κ2) is 4.72. The molecule has 0 aromatic heterocycles. The number of rotatable bonds is 4. The molecule has 1 fully saturated rings. The number of hydrogen-bond donors (Lipinski definition) is 0. The highest BCUT2D eigenvalue weighted by molar-refractivity contribution is 6.15. The SMILES string of the molecule is CCC1CC(N2C(=O)C=CC2=O)C(=O)N1CC=O. The first-order valence-corrected chi connectivity index (χ1v) is 5.89. The van der Waals surface area contributed by atoms with Crippen molar-refractivity contribution in [3.8, 4) is 0 Å². The van der Waals surface area contributed by atoms with Gasteiger partial charge >= 0.3 is 0 Å². The Morgan fingerprint density at radius 1 is 1.28 bits per heavy atom. The second-order valence-electron chi connectivity index (χ2n) is 4.35. The number of nitrogens with zero attached hydrogens (tertiary/aromatic N) is 2. The van der Waals surface area contributed by atoms with Crippen molar-refractivity contribution in [2.24, 2.45) is 0 Å². The van der Waals surface area contributed by atoms with Crippen molar-refractivity contribution in [2.45, 2.75) is 31.8 Å². The smallest absolute Gasteiger partial charge is 0.254 e. The number of likely N-dealkylation sites (tertiary alicyclic amines) is 1. The summed E-state index contributed by atoms with van der Waals surface area (Å²) in [6.07, 6.45) is 4.09. The van der Waals surface area contributed by atoms with Crippen LogP contribution in [-0.4, -0.2) is 52.4 Å². The predicted octanol–water partition coefficient (Wildman–Crippen LogP) is -0.510. The molecule has 0 aromatic rings. The third-order valence-corrected chi connectivity index (χ3v) is 3.40. The van der Waals surface area contributed by atoms with E-state index in [1.54, 1.807) is 0 Å². The fraction of sp³-hybridized carbons (Fsp3) is 0.500. The Bertz CT molecular complexity index is 425. The van der Waals surface area contributed by atoms with Gasteiger partial charge in [0.15, 0.2) is 0 Å². The largest absolute Gasteiger partial charge is 0.331 e. The lowest BCUT2D eigenvalue weighted by Gasteiger charge is -2.21. The standard InChI is InChI=1S/C12H14N2O4/c1-2-8-7-9(12(18)13(8)5-6-15)14-10(16)3-4-11(14)17/h3-4,6,8-9H,2,5,7H2,1H3. The maximum absolute atomic E-state index is 12.1. The number of imide groups is 1. The minimum absolute atomic E-state index is 0.0114. The average molecular weight is 250 g/mol. The van der Waals surface area contributed by atoms with E-state index in [1.165, 1.54) is 17.1 Å². The van der Waals surface area contributed by atoms with E-state index in [-0.39, 0.29) is 18.5 Å². The Kier molecular flexibility index (Phi) is 3.27. The highest BCUT2D eigenvalue weighted by Gasteiger charge is 2.45. The van der Waals surface area contributed by atoms with E-state index in [4.69, 9.17) is 0 Å². The number of carbonyl (C=O) groups excluding carboxylic acids is 4. The zero-order chi connectivity index (χ0) is 13.3. The molecule has 3 amide bonds. The summed E-state index contributed by atoms with van der Waals surface area (Å²) >= 11 is 0. The van der Waals surface area contributed by atoms with Gasteiger partial charge in [-0.3, -0.25) is 19.3 Å². The summed E-state index contributed by atoms with van der Waals surface area (Å²) in [5, 5.41) is 0. The van der Waals surface area contributed by atoms with Gasteiger partial charge in [0.25, 0.3) is 11.8 Å². The van der Waals surface area contributed by atoms with Crippen LogP contribution < -0.4 is 0 Å². The maximum Gasteiger partial charge on any atom is 0.254 e. The number of hydrogen-bond acceptors (Lipinski definition) is 4. The molecule has 6 heteroatoms. The molecular weight excluding hydrogens is 236 g/mol. The molecule has 2 aliphatic rings. The topological polar surface area (TPSA) is 74.8 Å². The Labute approximate surface area is 104 Å². The molecule has 18 heavy (non-hydrogen) atoms. The van der Waals surface area contributed by atoms with Crippen molar-refractivity contribution in [1.82, 2.24) is 9.80 Å². The van der Waals surface area contributed by atoms with Gasteiger partial charge in [-0.05, 0) is 12.8 Å². The van der Waals surface area contributed by atoms with Crippen LogP contribution in [0.3, 0.4) is 0 Å². The van der Waals surface area contributed by atoms with Crippen LogP contribution in [0.1, 0.15) is 19.8 Å². The predicted molar refractivity (Wildman–Crippen MR) is 61.3 cm³/mol. The van der Waals surface area contributed by atoms with Crippen molar-refractivity contribution in [3.05, 3.63) is 12.2 Å². The van der Waals surface area contributed by atoms with Crippen molar-refractivity contribution < 1.29 is 19.2 Å². The summed E-state index contributed by atoms with van der Waals surface area (Å²) in [4.78, 5) is 48.2. The molecule has 2 atom stereocenters. The molecule has 96 valence electrons. The van der Waals surface area contributed by atoms with Crippen molar-refractivity contribution >= 4 is 24.0 Å². The third kappa shape index (κ3) is 1.83. The van der Waals surface area contributed by atoms with Gasteiger partial charge in [-0.15, -0.1) is 0 Å². The summed E-state index contributed by atoms with van der Waals surface area (Å²) in [5.41, 5.74) is 0. The molecule has 0 aromatic carbocycles. The van der Waals surface area contributed by atoms with Crippen LogP contribution >= 0.6 is 0 Å². The molecule has 2 unspecified atom stereocenters. The molecule has 0 radical (unpaired) electrons. The molecule has 0 spiro atoms. The lowest BCUT2D eigenvalue weighted by Crippen LogP contribution is -2.45. The van der Waals surface area contributed by atoms with Gasteiger partial charge in [-0.1, -0.05) is 6.92 Å². The zero-order valence-electron chi connectivity index (χ0n) is 10.0. The molecule has 1 saturated heterocycles. The molecule has 2 aliphatic heterocycles. The lowest BCUT2D eigenvalue weighted by atomic mass is 10.1. The van der Waals surface area contributed by atoms with Crippen LogP contribution in [0.5, 0.6) is 0 Å². The van der Waals surface area contributed by atoms with E-state index >= 15 is 0 Å². The molecule has 0 aliphatic carbocycles. The second-order valence-corrected chi connectivity index (χ2v) is 4.35. The first-order chi connectivity index (χ1) is 8.60. The van der Waals surface area contributed by atoms with E-state index in [1.807, 2.05) is 6.92 Å². The van der Waals surface area contributed by atoms with Gasteiger partial charge in [0.2, 0.25) is 5.91 Å². The molecular formula is C12H14N2O4. The van der Waals surface area contributed by atoms with Gasteiger partial charge in [-0.25, -0.2) is 0 Å². The lowest BCUT2D eigenvalue weighted by molar-refractivity contribution is -0.146. The van der Waals surface area contributed by atoms with Crippen LogP contribution in [0, 0.1) is 0 Å². The number of amides is 3. The van der Waals surface area contributed by atoms with Crippen LogP contribution in [0.2, 0.25) is 0 Å². The third-order valence-electron chi connectivity index (χ3n) is 3.40. The van der Waals surface area contributed by atoms with Crippen LogP contribution in [0.25, 0.3) is 0 Å². The van der Waals surface area contributed by atoms with Crippen LogP contribution in [0.15, 0.2) is 12.2 Å². The molecule has 0 bridgehead atoms. The fourth-order valence-electron chi connectivity index (χ4n) is 2.50. The minimum atomic E-state index is -0.759. The van der Waals surface area contributed by atoms with Gasteiger partial charge < -0.3 is 9.69 Å². The maximum atomic E-state index is 12.1. The van der Waals surface area contributed by atoms with E-state index in [0.29, 0.717) is 19.1 Å². The minimum Gasteiger partial charge on any atom is -0.331 e. The summed E-state index contributed by atoms with van der Waals surface area (Å²) in [5.74, 6) is -1.23. The summed E-state index contributed by atoms with van der Waals surface area (Å²) in [7, 11) is 0. The van der Waals surface area contributed by atoms with Gasteiger partial charge in [0.1, 0.15) is 12.3 Å². The van der Waals surface area contributed by atoms with E-state index in [2.05, 4.69) is 0 Å². The first-order valence-electron chi connectivity index (χ1n) is 5.89. The number of aldehydes is 1. The van der Waals surface area contributed by atoms with Crippen molar-refractivity contribution in [1.29, 1.82) is 0 Å². The van der Waals surface area contributed by atoms with Crippen LogP contribution in [0.4, 0.5) is 0 Å². The van der Waals surface area contributed by atoms with Gasteiger partial charge in [0, 0.05) is 18.2 Å². The zero-order valence-corrected chi connectivity index (χ0v) is 10.0.